The number of nitrogens with one attached hydrogen (secondary N) is 2. The molecular formula is C21H24N2O2S. The van der Waals surface area contributed by atoms with E-state index in [1.807, 2.05) is 36.4 Å². The second kappa shape index (κ2) is 6.58. The minimum absolute atomic E-state index is 0.278. The SMILES string of the molecule is C=S(=O)(NC)c1ccc2c(c1)C(c1ccccc1)=CC1(CCNCC1)O2. The third kappa shape index (κ3) is 3.07. The van der Waals surface area contributed by atoms with Crippen LogP contribution in [0.4, 0.5) is 0 Å². The number of hydrogen-bond acceptors (Lipinski definition) is 3. The fourth-order valence-electron chi connectivity index (χ4n) is 3.67. The van der Waals surface area contributed by atoms with Crippen LogP contribution in [0, 0.1) is 0 Å². The molecule has 0 aromatic heterocycles. The predicted molar refractivity (Wildman–Crippen MR) is 108 cm³/mol. The Morgan fingerprint density at radius 1 is 1.15 bits per heavy atom. The molecule has 2 N–H and O–H groups in total. The molecular weight excluding hydrogens is 344 g/mol. The Morgan fingerprint density at radius 2 is 1.88 bits per heavy atom. The van der Waals surface area contributed by atoms with Gasteiger partial charge in [-0.2, -0.15) is 0 Å². The largest absolute Gasteiger partial charge is 0.482 e. The zero-order valence-corrected chi connectivity index (χ0v) is 15.8. The van der Waals surface area contributed by atoms with E-state index >= 15 is 0 Å². The van der Waals surface area contributed by atoms with Gasteiger partial charge in [-0.15, -0.1) is 0 Å². The Labute approximate surface area is 155 Å². The summed E-state index contributed by atoms with van der Waals surface area (Å²) in [6, 6.07) is 16.1. The first-order valence-electron chi connectivity index (χ1n) is 8.91. The Bertz CT molecular complexity index is 943. The van der Waals surface area contributed by atoms with E-state index in [0.717, 1.165) is 48.4 Å². The van der Waals surface area contributed by atoms with Crippen molar-refractivity contribution in [1.29, 1.82) is 0 Å². The molecule has 2 aliphatic rings. The molecule has 0 aliphatic carbocycles. The minimum Gasteiger partial charge on any atom is -0.482 e. The van der Waals surface area contributed by atoms with E-state index in [1.54, 1.807) is 7.05 Å². The summed E-state index contributed by atoms with van der Waals surface area (Å²) >= 11 is 0. The lowest BCUT2D eigenvalue weighted by molar-refractivity contribution is 0.0816. The molecule has 4 rings (SSSR count). The van der Waals surface area contributed by atoms with Crippen molar-refractivity contribution in [2.45, 2.75) is 23.3 Å². The lowest BCUT2D eigenvalue weighted by Gasteiger charge is -2.40. The van der Waals surface area contributed by atoms with Gasteiger partial charge >= 0.3 is 0 Å². The van der Waals surface area contributed by atoms with Crippen LogP contribution in [-0.2, 0) is 9.71 Å². The van der Waals surface area contributed by atoms with Gasteiger partial charge in [0.25, 0.3) is 0 Å². The number of hydrogen-bond donors (Lipinski definition) is 2. The molecule has 1 unspecified atom stereocenters. The van der Waals surface area contributed by atoms with Gasteiger partial charge in [0, 0.05) is 23.3 Å². The summed E-state index contributed by atoms with van der Waals surface area (Å²) in [5, 5.41) is 3.41. The second-order valence-corrected chi connectivity index (χ2v) is 9.11. The Kier molecular flexibility index (Phi) is 4.39. The predicted octanol–water partition coefficient (Wildman–Crippen LogP) is 2.84. The molecule has 1 spiro atoms. The molecule has 4 nitrogen and oxygen atoms in total. The van der Waals surface area contributed by atoms with Crippen LogP contribution in [0.5, 0.6) is 5.75 Å². The summed E-state index contributed by atoms with van der Waals surface area (Å²) in [6.07, 6.45) is 4.14. The van der Waals surface area contributed by atoms with Crippen molar-refractivity contribution in [3.05, 3.63) is 65.7 Å². The number of fused-ring (bicyclic) bond motifs is 1. The number of ether oxygens (including phenoxy) is 1. The fraction of sp³-hybridized carbons (Fsp3) is 0.286. The molecule has 2 heterocycles. The highest BCUT2D eigenvalue weighted by Gasteiger charge is 2.37. The van der Waals surface area contributed by atoms with Crippen LogP contribution < -0.4 is 14.8 Å². The summed E-state index contributed by atoms with van der Waals surface area (Å²) in [5.41, 5.74) is 2.98. The van der Waals surface area contributed by atoms with Crippen molar-refractivity contribution >= 4 is 21.2 Å². The molecule has 0 radical (unpaired) electrons. The van der Waals surface area contributed by atoms with E-state index in [-0.39, 0.29) is 5.60 Å². The van der Waals surface area contributed by atoms with Gasteiger partial charge in [0.2, 0.25) is 0 Å². The van der Waals surface area contributed by atoms with Crippen molar-refractivity contribution in [1.82, 2.24) is 10.0 Å². The van der Waals surface area contributed by atoms with E-state index in [4.69, 9.17) is 4.74 Å². The zero-order chi connectivity index (χ0) is 18.2. The summed E-state index contributed by atoms with van der Waals surface area (Å²) in [6.45, 7) is 1.89. The van der Waals surface area contributed by atoms with Gasteiger partial charge in [0.15, 0.2) is 0 Å². The Hall–Kier alpha value is -2.08. The van der Waals surface area contributed by atoms with Crippen molar-refractivity contribution in [2.24, 2.45) is 0 Å². The van der Waals surface area contributed by atoms with Gasteiger partial charge in [-0.25, -0.2) is 8.93 Å². The summed E-state index contributed by atoms with van der Waals surface area (Å²) < 4.78 is 22.0. The first-order chi connectivity index (χ1) is 12.5. The molecule has 2 aromatic rings. The molecule has 1 saturated heterocycles. The average molecular weight is 369 g/mol. The molecule has 2 aromatic carbocycles. The van der Waals surface area contributed by atoms with Crippen LogP contribution >= 0.6 is 0 Å². The highest BCUT2D eigenvalue weighted by atomic mass is 32.2. The van der Waals surface area contributed by atoms with E-state index in [1.165, 1.54) is 0 Å². The molecule has 2 aliphatic heterocycles. The van der Waals surface area contributed by atoms with Crippen LogP contribution in [0.1, 0.15) is 24.0 Å². The standard InChI is InChI=1S/C21H24N2O2S/c1-22-26(2,24)17-8-9-20-18(14-17)19(16-6-4-3-5-7-16)15-21(25-20)10-12-23-13-11-21/h3-9,14-15,23H,2,10-13H2,1H3,(H,22,24). The zero-order valence-electron chi connectivity index (χ0n) is 15.0. The van der Waals surface area contributed by atoms with Crippen LogP contribution in [0.2, 0.25) is 0 Å². The first-order valence-corrected chi connectivity index (χ1v) is 10.6. The van der Waals surface area contributed by atoms with Crippen LogP contribution in [0.3, 0.4) is 0 Å². The second-order valence-electron chi connectivity index (χ2n) is 6.88. The molecule has 5 heteroatoms. The fourth-order valence-corrected chi connectivity index (χ4v) is 4.51. The highest BCUT2D eigenvalue weighted by Crippen LogP contribution is 2.43. The average Bonchev–Trinajstić information content (AvgIpc) is 2.68. The van der Waals surface area contributed by atoms with Gasteiger partial charge < -0.3 is 10.1 Å². The highest BCUT2D eigenvalue weighted by molar-refractivity contribution is 7.98. The van der Waals surface area contributed by atoms with E-state index in [9.17, 15) is 4.21 Å². The molecule has 0 saturated carbocycles. The maximum Gasteiger partial charge on any atom is 0.130 e. The quantitative estimate of drug-likeness (QED) is 0.819. The molecule has 1 atom stereocenters. The molecule has 136 valence electrons. The van der Waals surface area contributed by atoms with Crippen LogP contribution in [0.15, 0.2) is 59.5 Å². The maximum atomic E-state index is 12.7. The van der Waals surface area contributed by atoms with Crippen molar-refractivity contribution in [2.75, 3.05) is 20.1 Å². The summed E-state index contributed by atoms with van der Waals surface area (Å²) in [4.78, 5) is 0.686. The smallest absolute Gasteiger partial charge is 0.130 e. The maximum absolute atomic E-state index is 12.7. The molecule has 0 amide bonds. The van der Waals surface area contributed by atoms with Crippen LogP contribution in [-0.4, -0.2) is 35.8 Å². The normalized spacial score (nSPS) is 20.6. The Balaban J connectivity index is 1.89. The summed E-state index contributed by atoms with van der Waals surface area (Å²) in [7, 11) is -0.844. The van der Waals surface area contributed by atoms with E-state index in [0.29, 0.717) is 4.90 Å². The number of benzene rings is 2. The minimum atomic E-state index is -2.51. The number of piperidine rings is 1. The van der Waals surface area contributed by atoms with E-state index < -0.39 is 9.71 Å². The van der Waals surface area contributed by atoms with Gasteiger partial charge in [0.05, 0.1) is 9.71 Å². The third-order valence-corrected chi connectivity index (χ3v) is 6.88. The van der Waals surface area contributed by atoms with Crippen molar-refractivity contribution in [3.63, 3.8) is 0 Å². The van der Waals surface area contributed by atoms with Gasteiger partial charge in [-0.3, -0.25) is 0 Å². The number of rotatable bonds is 3. The van der Waals surface area contributed by atoms with Gasteiger partial charge in [-0.1, -0.05) is 30.3 Å². The van der Waals surface area contributed by atoms with Gasteiger partial charge in [0.1, 0.15) is 11.4 Å². The topological polar surface area (TPSA) is 50.4 Å². The lowest BCUT2D eigenvalue weighted by atomic mass is 9.83. The van der Waals surface area contributed by atoms with Crippen LogP contribution in [0.25, 0.3) is 5.57 Å². The lowest BCUT2D eigenvalue weighted by Crippen LogP contribution is -2.46. The van der Waals surface area contributed by atoms with E-state index in [2.05, 4.69) is 34.1 Å². The van der Waals surface area contributed by atoms with Gasteiger partial charge in [-0.05, 0) is 61.4 Å². The molecule has 0 bridgehead atoms. The molecule has 1 fully saturated rings. The first kappa shape index (κ1) is 17.3. The molecule has 26 heavy (non-hydrogen) atoms. The van der Waals surface area contributed by atoms with Crippen molar-refractivity contribution < 1.29 is 8.95 Å². The summed E-state index contributed by atoms with van der Waals surface area (Å²) in [5.74, 6) is 4.69. The monoisotopic (exact) mass is 368 g/mol. The third-order valence-electron chi connectivity index (χ3n) is 5.21. The Morgan fingerprint density at radius 3 is 2.58 bits per heavy atom. The van der Waals surface area contributed by atoms with Crippen molar-refractivity contribution in [3.8, 4) is 5.75 Å².